The Bertz CT molecular complexity index is 493. The van der Waals surface area contributed by atoms with Crippen molar-refractivity contribution in [3.63, 3.8) is 0 Å². The van der Waals surface area contributed by atoms with Crippen molar-refractivity contribution >= 4 is 0 Å². The summed E-state index contributed by atoms with van der Waals surface area (Å²) in [7, 11) is 0. The van der Waals surface area contributed by atoms with Gasteiger partial charge in [0.25, 0.3) is 0 Å². The van der Waals surface area contributed by atoms with E-state index in [0.717, 1.165) is 45.8 Å². The number of nitrogens with zero attached hydrogens (tertiary/aromatic N) is 1. The van der Waals surface area contributed by atoms with Crippen molar-refractivity contribution in [2.75, 3.05) is 39.5 Å². The molecular formula is C21H36N2O2. The predicted molar refractivity (Wildman–Crippen MR) is 104 cm³/mol. The number of benzene rings is 1. The van der Waals surface area contributed by atoms with Crippen LogP contribution >= 0.6 is 0 Å². The first kappa shape index (κ1) is 20.4. The van der Waals surface area contributed by atoms with E-state index in [1.54, 1.807) is 0 Å². The third-order valence-corrected chi connectivity index (χ3v) is 4.87. The molecule has 1 heterocycles. The number of rotatable bonds is 13. The fourth-order valence-corrected chi connectivity index (χ4v) is 3.16. The summed E-state index contributed by atoms with van der Waals surface area (Å²) in [6, 6.07) is 7.56. The molecule has 1 aromatic rings. The zero-order chi connectivity index (χ0) is 17.9. The Kier molecular flexibility index (Phi) is 9.48. The van der Waals surface area contributed by atoms with E-state index in [-0.39, 0.29) is 0 Å². The molecule has 1 aliphatic rings. The summed E-state index contributed by atoms with van der Waals surface area (Å²) in [5, 5.41) is 3.42. The summed E-state index contributed by atoms with van der Waals surface area (Å²) in [5.41, 5.74) is 4.46. The van der Waals surface area contributed by atoms with Crippen LogP contribution in [0.5, 0.6) is 0 Å². The third-order valence-electron chi connectivity index (χ3n) is 4.87. The molecule has 0 fully saturated rings. The predicted octanol–water partition coefficient (Wildman–Crippen LogP) is 3.38. The first-order valence-electron chi connectivity index (χ1n) is 9.94. The van der Waals surface area contributed by atoms with Crippen molar-refractivity contribution in [2.45, 2.75) is 59.2 Å². The average Bonchev–Trinajstić information content (AvgIpc) is 3.02. The molecule has 0 aromatic heterocycles. The maximum absolute atomic E-state index is 5.72. The fourth-order valence-electron chi connectivity index (χ4n) is 3.16. The molecule has 0 radical (unpaired) electrons. The molecule has 1 aliphatic heterocycles. The van der Waals surface area contributed by atoms with Gasteiger partial charge in [0.2, 0.25) is 0 Å². The Balaban J connectivity index is 1.49. The van der Waals surface area contributed by atoms with Crippen LogP contribution in [0.2, 0.25) is 0 Å². The molecule has 4 nitrogen and oxygen atoms in total. The highest BCUT2D eigenvalue weighted by molar-refractivity contribution is 5.34. The first-order valence-corrected chi connectivity index (χ1v) is 9.94. The minimum atomic E-state index is 0.572. The lowest BCUT2D eigenvalue weighted by molar-refractivity contribution is 0.0387. The molecule has 1 aromatic carbocycles. The van der Waals surface area contributed by atoms with Gasteiger partial charge in [-0.25, -0.2) is 0 Å². The number of fused-ring (bicyclic) bond motifs is 1. The van der Waals surface area contributed by atoms with Gasteiger partial charge in [-0.05, 0) is 36.5 Å². The zero-order valence-electron chi connectivity index (χ0n) is 16.4. The van der Waals surface area contributed by atoms with Gasteiger partial charge in [-0.3, -0.25) is 4.90 Å². The topological polar surface area (TPSA) is 33.7 Å². The van der Waals surface area contributed by atoms with E-state index in [4.69, 9.17) is 9.47 Å². The number of hydrogen-bond acceptors (Lipinski definition) is 4. The van der Waals surface area contributed by atoms with Gasteiger partial charge in [-0.15, -0.1) is 0 Å². The second kappa shape index (κ2) is 11.6. The maximum Gasteiger partial charge on any atom is 0.0701 e. The van der Waals surface area contributed by atoms with Crippen LogP contribution in [0.1, 0.15) is 50.3 Å². The number of aryl methyl sites for hydroxylation is 1. The highest BCUT2D eigenvalue weighted by atomic mass is 16.5. The van der Waals surface area contributed by atoms with Crippen LogP contribution < -0.4 is 5.32 Å². The summed E-state index contributed by atoms with van der Waals surface area (Å²) < 4.78 is 11.3. The van der Waals surface area contributed by atoms with Crippen molar-refractivity contribution in [3.05, 3.63) is 34.9 Å². The van der Waals surface area contributed by atoms with Gasteiger partial charge in [0, 0.05) is 32.2 Å². The quantitative estimate of drug-likeness (QED) is 0.554. The molecule has 4 heteroatoms. The standard InChI is InChI=1S/C21H36N2O2/c1-4-6-19-7-8-20-16-23(17-21(20)15-19)10-12-25-14-13-24-11-9-22-18(3)5-2/h7-8,15,18,22H,4-6,9-14,16-17H2,1-3H3. The van der Waals surface area contributed by atoms with Gasteiger partial charge < -0.3 is 14.8 Å². The highest BCUT2D eigenvalue weighted by Crippen LogP contribution is 2.24. The minimum Gasteiger partial charge on any atom is -0.378 e. The van der Waals surface area contributed by atoms with Crippen molar-refractivity contribution in [1.29, 1.82) is 0 Å². The number of ether oxygens (including phenoxy) is 2. The molecule has 0 amide bonds. The molecule has 25 heavy (non-hydrogen) atoms. The Hall–Kier alpha value is -0.940. The Morgan fingerprint density at radius 2 is 1.80 bits per heavy atom. The van der Waals surface area contributed by atoms with Gasteiger partial charge in [0.1, 0.15) is 0 Å². The molecule has 142 valence electrons. The maximum atomic E-state index is 5.72. The molecule has 1 atom stereocenters. The molecule has 1 N–H and O–H groups in total. The monoisotopic (exact) mass is 348 g/mol. The van der Waals surface area contributed by atoms with E-state index < -0.39 is 0 Å². The molecule has 0 saturated heterocycles. The average molecular weight is 349 g/mol. The second-order valence-corrected chi connectivity index (χ2v) is 7.05. The summed E-state index contributed by atoms with van der Waals surface area (Å²) in [6.45, 7) is 13.6. The van der Waals surface area contributed by atoms with Gasteiger partial charge in [-0.2, -0.15) is 0 Å². The lowest BCUT2D eigenvalue weighted by Crippen LogP contribution is -2.29. The van der Waals surface area contributed by atoms with Crippen molar-refractivity contribution in [3.8, 4) is 0 Å². The lowest BCUT2D eigenvalue weighted by Gasteiger charge is -2.15. The highest BCUT2D eigenvalue weighted by Gasteiger charge is 2.18. The molecule has 0 aliphatic carbocycles. The summed E-state index contributed by atoms with van der Waals surface area (Å²) in [4.78, 5) is 2.47. The smallest absolute Gasteiger partial charge is 0.0701 e. The van der Waals surface area contributed by atoms with E-state index in [1.165, 1.54) is 29.5 Å². The SMILES string of the molecule is CCCc1ccc2c(c1)CN(CCOCCOCCNC(C)CC)C2. The normalized spacial score (nSPS) is 15.5. The Morgan fingerprint density at radius 3 is 2.56 bits per heavy atom. The van der Waals surface area contributed by atoms with Crippen molar-refractivity contribution < 1.29 is 9.47 Å². The second-order valence-electron chi connectivity index (χ2n) is 7.05. The van der Waals surface area contributed by atoms with Crippen LogP contribution in [0.25, 0.3) is 0 Å². The van der Waals surface area contributed by atoms with Crippen molar-refractivity contribution in [1.82, 2.24) is 10.2 Å². The van der Waals surface area contributed by atoms with Gasteiger partial charge in [0.05, 0.1) is 26.4 Å². The van der Waals surface area contributed by atoms with E-state index in [2.05, 4.69) is 49.2 Å². The van der Waals surface area contributed by atoms with Crippen LogP contribution in [0.3, 0.4) is 0 Å². The summed E-state index contributed by atoms with van der Waals surface area (Å²) in [5.74, 6) is 0. The van der Waals surface area contributed by atoms with E-state index >= 15 is 0 Å². The lowest BCUT2D eigenvalue weighted by atomic mass is 10.0. The minimum absolute atomic E-state index is 0.572. The largest absolute Gasteiger partial charge is 0.378 e. The van der Waals surface area contributed by atoms with Crippen LogP contribution in [0.4, 0.5) is 0 Å². The third kappa shape index (κ3) is 7.45. The van der Waals surface area contributed by atoms with Gasteiger partial charge in [-0.1, -0.05) is 38.5 Å². The van der Waals surface area contributed by atoms with Gasteiger partial charge >= 0.3 is 0 Å². The molecule has 2 rings (SSSR count). The summed E-state index contributed by atoms with van der Waals surface area (Å²) >= 11 is 0. The molecule has 0 bridgehead atoms. The van der Waals surface area contributed by atoms with Crippen molar-refractivity contribution in [2.24, 2.45) is 0 Å². The van der Waals surface area contributed by atoms with Crippen LogP contribution in [-0.2, 0) is 29.0 Å². The van der Waals surface area contributed by atoms with Crippen LogP contribution in [-0.4, -0.2) is 50.5 Å². The van der Waals surface area contributed by atoms with Crippen LogP contribution in [0.15, 0.2) is 18.2 Å². The molecule has 0 spiro atoms. The van der Waals surface area contributed by atoms with E-state index in [1.807, 2.05) is 0 Å². The van der Waals surface area contributed by atoms with E-state index in [9.17, 15) is 0 Å². The fraction of sp³-hybridized carbons (Fsp3) is 0.714. The summed E-state index contributed by atoms with van der Waals surface area (Å²) in [6.07, 6.45) is 3.55. The first-order chi connectivity index (χ1) is 12.2. The molecular weight excluding hydrogens is 312 g/mol. The molecule has 1 unspecified atom stereocenters. The van der Waals surface area contributed by atoms with Crippen LogP contribution in [0, 0.1) is 0 Å². The number of hydrogen-bond donors (Lipinski definition) is 1. The Morgan fingerprint density at radius 1 is 1.04 bits per heavy atom. The van der Waals surface area contributed by atoms with E-state index in [0.29, 0.717) is 19.3 Å². The Labute approximate surface area is 153 Å². The molecule has 0 saturated carbocycles. The zero-order valence-corrected chi connectivity index (χ0v) is 16.4. The van der Waals surface area contributed by atoms with Gasteiger partial charge in [0.15, 0.2) is 0 Å². The number of nitrogens with one attached hydrogen (secondary N) is 1.